The first-order valence-electron chi connectivity index (χ1n) is 11.7. The van der Waals surface area contributed by atoms with E-state index in [0.29, 0.717) is 0 Å². The second-order valence-corrected chi connectivity index (χ2v) is 7.71. The van der Waals surface area contributed by atoms with Gasteiger partial charge in [-0.05, 0) is 37.8 Å². The van der Waals surface area contributed by atoms with Crippen LogP contribution in [0.2, 0.25) is 0 Å². The second-order valence-electron chi connectivity index (χ2n) is 7.71. The minimum Gasteiger partial charge on any atom is -0.481 e. The van der Waals surface area contributed by atoms with Gasteiger partial charge in [0.1, 0.15) is 0 Å². The zero-order valence-corrected chi connectivity index (χ0v) is 18.2. The minimum absolute atomic E-state index is 0.178. The monoisotopic (exact) mass is 382 g/mol. The Morgan fingerprint density at radius 1 is 0.519 bits per heavy atom. The normalized spacial score (nSPS) is 12.5. The molecule has 0 aromatic carbocycles. The van der Waals surface area contributed by atoms with Crippen LogP contribution in [-0.4, -0.2) is 10.2 Å². The summed E-state index contributed by atoms with van der Waals surface area (Å²) in [4.78, 5) is 0. The van der Waals surface area contributed by atoms with Gasteiger partial charge in [0.05, 0.1) is 0 Å². The number of ether oxygens (including phenoxy) is 1. The van der Waals surface area contributed by atoms with E-state index in [1.807, 2.05) is 0 Å². The molecule has 0 fully saturated rings. The van der Waals surface area contributed by atoms with Crippen LogP contribution >= 0.6 is 0 Å². The summed E-state index contributed by atoms with van der Waals surface area (Å²) in [6.45, 7) is 4.48. The number of aliphatic hydroxyl groups excluding tert-OH is 2. The van der Waals surface area contributed by atoms with Crippen LogP contribution in [0.25, 0.3) is 0 Å². The van der Waals surface area contributed by atoms with E-state index >= 15 is 0 Å². The highest BCUT2D eigenvalue weighted by Crippen LogP contribution is 2.13. The van der Waals surface area contributed by atoms with Gasteiger partial charge in [-0.2, -0.15) is 0 Å². The lowest BCUT2D eigenvalue weighted by Gasteiger charge is -2.04. The average Bonchev–Trinajstić information content (AvgIpc) is 2.65. The van der Waals surface area contributed by atoms with Crippen molar-refractivity contribution < 1.29 is 14.9 Å². The standard InChI is InChI=1S/C24H46O3/c1-3-5-7-9-11-13-15-17-19-21-23(25)27-24(26)22-20-18-16-14-12-10-8-6-4-2/h21-22,25-26H,3-20H2,1-2H3. The Morgan fingerprint density at radius 2 is 0.815 bits per heavy atom. The van der Waals surface area contributed by atoms with Crippen molar-refractivity contribution in [2.75, 3.05) is 0 Å². The van der Waals surface area contributed by atoms with Gasteiger partial charge in [0.25, 0.3) is 11.9 Å². The van der Waals surface area contributed by atoms with E-state index in [1.54, 1.807) is 12.2 Å². The van der Waals surface area contributed by atoms with Gasteiger partial charge in [-0.3, -0.25) is 0 Å². The van der Waals surface area contributed by atoms with Crippen LogP contribution in [-0.2, 0) is 4.74 Å². The molecule has 0 aromatic heterocycles. The number of unbranched alkanes of at least 4 members (excludes halogenated alkanes) is 16. The summed E-state index contributed by atoms with van der Waals surface area (Å²) in [5, 5.41) is 19.4. The number of hydrogen-bond donors (Lipinski definition) is 2. The van der Waals surface area contributed by atoms with E-state index in [-0.39, 0.29) is 11.9 Å². The van der Waals surface area contributed by atoms with Gasteiger partial charge in [-0.15, -0.1) is 0 Å². The highest BCUT2D eigenvalue weighted by atomic mass is 16.7. The van der Waals surface area contributed by atoms with Crippen molar-refractivity contribution in [3.63, 3.8) is 0 Å². The molecular weight excluding hydrogens is 336 g/mol. The van der Waals surface area contributed by atoms with Crippen molar-refractivity contribution in [1.29, 1.82) is 0 Å². The van der Waals surface area contributed by atoms with Crippen LogP contribution in [0.3, 0.4) is 0 Å². The summed E-state index contributed by atoms with van der Waals surface area (Å²) in [5.74, 6) is -0.356. The van der Waals surface area contributed by atoms with Gasteiger partial charge < -0.3 is 14.9 Å². The fraction of sp³-hybridized carbons (Fsp3) is 0.833. The molecule has 0 amide bonds. The molecule has 0 aliphatic rings. The zero-order valence-electron chi connectivity index (χ0n) is 18.2. The average molecular weight is 383 g/mol. The molecule has 0 aromatic rings. The van der Waals surface area contributed by atoms with Crippen LogP contribution in [0.1, 0.15) is 129 Å². The molecular formula is C24H46O3. The number of hydrogen-bond acceptors (Lipinski definition) is 3. The molecule has 0 radical (unpaired) electrons. The minimum atomic E-state index is -0.178. The first-order chi connectivity index (χ1) is 13.2. The van der Waals surface area contributed by atoms with Crippen LogP contribution in [0.15, 0.2) is 24.0 Å². The first kappa shape index (κ1) is 25.9. The maximum Gasteiger partial charge on any atom is 0.280 e. The highest BCUT2D eigenvalue weighted by molar-refractivity contribution is 4.89. The third-order valence-corrected chi connectivity index (χ3v) is 4.96. The van der Waals surface area contributed by atoms with Gasteiger partial charge in [0, 0.05) is 0 Å². The number of rotatable bonds is 20. The summed E-state index contributed by atoms with van der Waals surface area (Å²) in [6.07, 6.45) is 25.3. The topological polar surface area (TPSA) is 49.7 Å². The fourth-order valence-electron chi connectivity index (χ4n) is 3.20. The van der Waals surface area contributed by atoms with E-state index in [4.69, 9.17) is 4.74 Å². The number of aliphatic hydroxyl groups is 2. The zero-order chi connectivity index (χ0) is 20.0. The smallest absolute Gasteiger partial charge is 0.280 e. The second kappa shape index (κ2) is 21.2. The molecule has 0 heterocycles. The Labute approximate surface area is 168 Å². The molecule has 0 saturated carbocycles. The summed E-state index contributed by atoms with van der Waals surface area (Å²) in [7, 11) is 0. The predicted octanol–water partition coefficient (Wildman–Crippen LogP) is 8.86. The first-order valence-corrected chi connectivity index (χ1v) is 11.7. The molecule has 3 nitrogen and oxygen atoms in total. The molecule has 3 heteroatoms. The quantitative estimate of drug-likeness (QED) is 0.163. The summed E-state index contributed by atoms with van der Waals surface area (Å²) >= 11 is 0. The maximum atomic E-state index is 9.70. The van der Waals surface area contributed by atoms with Crippen LogP contribution < -0.4 is 0 Å². The molecule has 0 unspecified atom stereocenters. The van der Waals surface area contributed by atoms with Gasteiger partial charge >= 0.3 is 0 Å². The summed E-state index contributed by atoms with van der Waals surface area (Å²) in [5.41, 5.74) is 0. The molecule has 0 saturated heterocycles. The molecule has 0 aliphatic heterocycles. The SMILES string of the molecule is CCCCCCCCCCC=C(O)OC(O)=CCCCCCCCCCC. The Balaban J connectivity index is 3.53. The van der Waals surface area contributed by atoms with E-state index < -0.39 is 0 Å². The van der Waals surface area contributed by atoms with Gasteiger partial charge in [0.2, 0.25) is 0 Å². The molecule has 0 rings (SSSR count). The fourth-order valence-corrected chi connectivity index (χ4v) is 3.20. The van der Waals surface area contributed by atoms with Gasteiger partial charge in [-0.25, -0.2) is 0 Å². The van der Waals surface area contributed by atoms with E-state index in [2.05, 4.69) is 13.8 Å². The third kappa shape index (κ3) is 21.0. The lowest BCUT2D eigenvalue weighted by molar-refractivity contribution is 0.0661. The lowest BCUT2D eigenvalue weighted by Crippen LogP contribution is -1.92. The lowest BCUT2D eigenvalue weighted by atomic mass is 10.1. The summed E-state index contributed by atoms with van der Waals surface area (Å²) in [6, 6.07) is 0. The van der Waals surface area contributed by atoms with Crippen LogP contribution in [0.5, 0.6) is 0 Å². The van der Waals surface area contributed by atoms with E-state index in [1.165, 1.54) is 89.9 Å². The van der Waals surface area contributed by atoms with Crippen molar-refractivity contribution in [2.45, 2.75) is 129 Å². The molecule has 0 aliphatic carbocycles. The molecule has 0 bridgehead atoms. The maximum absolute atomic E-state index is 9.70. The van der Waals surface area contributed by atoms with Crippen molar-refractivity contribution in [3.05, 3.63) is 24.0 Å². The van der Waals surface area contributed by atoms with Gasteiger partial charge in [-0.1, -0.05) is 104 Å². The Kier molecular flexibility index (Phi) is 20.3. The molecule has 27 heavy (non-hydrogen) atoms. The van der Waals surface area contributed by atoms with Crippen molar-refractivity contribution in [2.24, 2.45) is 0 Å². The molecule has 0 atom stereocenters. The molecule has 0 spiro atoms. The molecule has 2 N–H and O–H groups in total. The summed E-state index contributed by atoms with van der Waals surface area (Å²) < 4.78 is 5.03. The Hall–Kier alpha value is -1.12. The van der Waals surface area contributed by atoms with E-state index in [9.17, 15) is 10.2 Å². The highest BCUT2D eigenvalue weighted by Gasteiger charge is 1.99. The Morgan fingerprint density at radius 3 is 1.15 bits per heavy atom. The van der Waals surface area contributed by atoms with E-state index in [0.717, 1.165) is 25.7 Å². The Bertz CT molecular complexity index is 327. The molecule has 160 valence electrons. The predicted molar refractivity (Wildman–Crippen MR) is 117 cm³/mol. The largest absolute Gasteiger partial charge is 0.481 e. The van der Waals surface area contributed by atoms with Gasteiger partial charge in [0.15, 0.2) is 0 Å². The third-order valence-electron chi connectivity index (χ3n) is 4.96. The van der Waals surface area contributed by atoms with Crippen LogP contribution in [0.4, 0.5) is 0 Å². The number of allylic oxidation sites excluding steroid dienone is 2. The van der Waals surface area contributed by atoms with Crippen molar-refractivity contribution >= 4 is 0 Å². The van der Waals surface area contributed by atoms with Crippen LogP contribution in [0, 0.1) is 0 Å². The van der Waals surface area contributed by atoms with Crippen molar-refractivity contribution in [1.82, 2.24) is 0 Å². The van der Waals surface area contributed by atoms with Crippen molar-refractivity contribution in [3.8, 4) is 0 Å².